The third-order valence-electron chi connectivity index (χ3n) is 14.4. The van der Waals surface area contributed by atoms with Gasteiger partial charge in [-0.05, 0) is 142 Å². The summed E-state index contributed by atoms with van der Waals surface area (Å²) in [6.07, 6.45) is 10.2. The summed E-state index contributed by atoms with van der Waals surface area (Å²) in [6.45, 7) is 10.6. The van der Waals surface area contributed by atoms with Crippen molar-refractivity contribution in [1.82, 2.24) is 25.1 Å². The Bertz CT molecular complexity index is 2460. The Morgan fingerprint density at radius 1 is 0.781 bits per heavy atom. The number of amides is 4. The second-order valence-electron chi connectivity index (χ2n) is 18.7. The molecule has 4 saturated heterocycles. The standard InChI is InChI=1S/C50H55ClN8O5/c1-50(2,36-26-34(30-52)27-37(51)28-36)35-3-6-41(7-4-35)64-31-38-11-18-53-49(54-38)58-23-16-39(17-24-58)56-19-12-32(13-20-56)25-33-14-21-57(22-15-33)40-5-8-42-43(29-40)48(63)59(47(42)62)44-9-10-45(60)55-46(44)61/h3-8,11,18,26-29,32-33,39,44H,9-10,12-17,19-25,31H2,1-2H3,(H,55,60,61). The second-order valence-corrected chi connectivity index (χ2v) is 19.1. The van der Waals surface area contributed by atoms with Crippen molar-refractivity contribution in [2.24, 2.45) is 11.8 Å². The first-order valence-corrected chi connectivity index (χ1v) is 23.2. The first kappa shape index (κ1) is 43.4. The van der Waals surface area contributed by atoms with Gasteiger partial charge in [0.15, 0.2) is 0 Å². The van der Waals surface area contributed by atoms with Gasteiger partial charge >= 0.3 is 0 Å². The molecule has 64 heavy (non-hydrogen) atoms. The zero-order valence-electron chi connectivity index (χ0n) is 36.6. The zero-order chi connectivity index (χ0) is 44.5. The molecule has 9 rings (SSSR count). The van der Waals surface area contributed by atoms with Crippen LogP contribution < -0.4 is 19.9 Å². The summed E-state index contributed by atoms with van der Waals surface area (Å²) in [5, 5.41) is 12.2. The van der Waals surface area contributed by atoms with Crippen LogP contribution in [-0.2, 0) is 21.6 Å². The summed E-state index contributed by atoms with van der Waals surface area (Å²) in [5.74, 6) is 1.04. The number of benzene rings is 3. The van der Waals surface area contributed by atoms with Crippen molar-refractivity contribution < 1.29 is 23.9 Å². The highest BCUT2D eigenvalue weighted by molar-refractivity contribution is 6.30. The molecule has 0 bridgehead atoms. The molecule has 0 spiro atoms. The fraction of sp³-hybridized carbons (Fsp3) is 0.460. The number of imide groups is 2. The lowest BCUT2D eigenvalue weighted by Crippen LogP contribution is -2.54. The minimum Gasteiger partial charge on any atom is -0.487 e. The summed E-state index contributed by atoms with van der Waals surface area (Å²) >= 11 is 6.31. The number of nitrogens with zero attached hydrogens (tertiary/aromatic N) is 7. The predicted molar refractivity (Wildman–Crippen MR) is 243 cm³/mol. The van der Waals surface area contributed by atoms with Crippen LogP contribution in [0.25, 0.3) is 0 Å². The van der Waals surface area contributed by atoms with Gasteiger partial charge in [-0.1, -0.05) is 37.6 Å². The summed E-state index contributed by atoms with van der Waals surface area (Å²) in [7, 11) is 0. The first-order valence-electron chi connectivity index (χ1n) is 22.8. The number of halogens is 1. The minimum absolute atomic E-state index is 0.105. The molecule has 0 aliphatic carbocycles. The number of hydrogen-bond donors (Lipinski definition) is 1. The molecular weight excluding hydrogens is 828 g/mol. The van der Waals surface area contributed by atoms with E-state index in [-0.39, 0.29) is 24.2 Å². The van der Waals surface area contributed by atoms with Gasteiger partial charge in [0.25, 0.3) is 11.8 Å². The lowest BCUT2D eigenvalue weighted by molar-refractivity contribution is -0.136. The molecule has 14 heteroatoms. The van der Waals surface area contributed by atoms with Crippen LogP contribution in [0.3, 0.4) is 0 Å². The van der Waals surface area contributed by atoms with Crippen LogP contribution in [0.4, 0.5) is 11.6 Å². The summed E-state index contributed by atoms with van der Waals surface area (Å²) in [4.78, 5) is 68.6. The molecular formula is C50H55ClN8O5. The Morgan fingerprint density at radius 3 is 2.17 bits per heavy atom. The van der Waals surface area contributed by atoms with Crippen molar-refractivity contribution >= 4 is 46.9 Å². The predicted octanol–water partition coefficient (Wildman–Crippen LogP) is 7.30. The van der Waals surface area contributed by atoms with Gasteiger partial charge in [-0.25, -0.2) is 9.97 Å². The number of aromatic nitrogens is 2. The molecule has 4 amide bonds. The van der Waals surface area contributed by atoms with Gasteiger partial charge in [-0.2, -0.15) is 5.26 Å². The van der Waals surface area contributed by atoms with Gasteiger partial charge in [0.05, 0.1) is 28.5 Å². The highest BCUT2D eigenvalue weighted by atomic mass is 35.5. The number of carbonyl (C=O) groups excluding carboxylic acids is 4. The van der Waals surface area contributed by atoms with Crippen molar-refractivity contribution in [1.29, 1.82) is 5.26 Å². The Morgan fingerprint density at radius 2 is 1.47 bits per heavy atom. The molecule has 4 aromatic rings. The van der Waals surface area contributed by atoms with Crippen LogP contribution in [-0.4, -0.2) is 94.7 Å². The molecule has 1 N–H and O–H groups in total. The number of ether oxygens (including phenoxy) is 1. The van der Waals surface area contributed by atoms with Crippen LogP contribution in [0, 0.1) is 23.2 Å². The molecule has 4 fully saturated rings. The van der Waals surface area contributed by atoms with Gasteiger partial charge in [0.2, 0.25) is 17.8 Å². The quantitative estimate of drug-likeness (QED) is 0.151. The number of likely N-dealkylation sites (tertiary alicyclic amines) is 1. The van der Waals surface area contributed by atoms with Gasteiger partial charge in [-0.15, -0.1) is 0 Å². The summed E-state index contributed by atoms with van der Waals surface area (Å²) in [5.41, 5.74) is 4.70. The molecule has 1 atom stereocenters. The van der Waals surface area contributed by atoms with E-state index in [1.165, 1.54) is 19.3 Å². The van der Waals surface area contributed by atoms with E-state index in [0.717, 1.165) is 110 Å². The van der Waals surface area contributed by atoms with Crippen molar-refractivity contribution in [2.75, 3.05) is 49.1 Å². The van der Waals surface area contributed by atoms with Gasteiger partial charge in [0, 0.05) is 61.0 Å². The first-order chi connectivity index (χ1) is 30.9. The van der Waals surface area contributed by atoms with Gasteiger partial charge in [0.1, 0.15) is 18.4 Å². The van der Waals surface area contributed by atoms with E-state index in [4.69, 9.17) is 21.3 Å². The topological polar surface area (TPSA) is 152 Å². The van der Waals surface area contributed by atoms with Gasteiger partial charge in [-0.3, -0.25) is 29.4 Å². The Labute approximate surface area is 379 Å². The van der Waals surface area contributed by atoms with Crippen LogP contribution in [0.15, 0.2) is 72.9 Å². The lowest BCUT2D eigenvalue weighted by Gasteiger charge is -2.42. The molecule has 0 saturated carbocycles. The van der Waals surface area contributed by atoms with E-state index in [1.807, 2.05) is 48.7 Å². The third-order valence-corrected chi connectivity index (χ3v) is 14.6. The van der Waals surface area contributed by atoms with Crippen molar-refractivity contribution in [3.63, 3.8) is 0 Å². The normalized spacial score (nSPS) is 20.7. The van der Waals surface area contributed by atoms with Crippen LogP contribution in [0.1, 0.15) is 115 Å². The van der Waals surface area contributed by atoms with Crippen molar-refractivity contribution in [2.45, 2.75) is 95.7 Å². The molecule has 332 valence electrons. The second kappa shape index (κ2) is 18.3. The molecule has 0 radical (unpaired) electrons. The number of nitrogens with one attached hydrogen (secondary N) is 1. The van der Waals surface area contributed by atoms with Crippen LogP contribution >= 0.6 is 11.6 Å². The van der Waals surface area contributed by atoms with Crippen LogP contribution in [0.2, 0.25) is 5.02 Å². The summed E-state index contributed by atoms with van der Waals surface area (Å²) in [6, 6.07) is 22.7. The Balaban J connectivity index is 0.698. The fourth-order valence-corrected chi connectivity index (χ4v) is 10.7. The Hall–Kier alpha value is -5.84. The van der Waals surface area contributed by atoms with E-state index in [9.17, 15) is 24.4 Å². The molecule has 5 aliphatic rings. The maximum atomic E-state index is 13.4. The maximum absolute atomic E-state index is 13.4. The molecule has 1 aromatic heterocycles. The number of anilines is 2. The minimum atomic E-state index is -0.956. The van der Waals surface area contributed by atoms with Crippen LogP contribution in [0.5, 0.6) is 5.75 Å². The zero-order valence-corrected chi connectivity index (χ0v) is 37.4. The monoisotopic (exact) mass is 882 g/mol. The molecule has 5 aliphatic heterocycles. The number of nitriles is 1. The lowest BCUT2D eigenvalue weighted by atomic mass is 9.78. The van der Waals surface area contributed by atoms with Crippen molar-refractivity contribution in [3.8, 4) is 11.8 Å². The summed E-state index contributed by atoms with van der Waals surface area (Å²) < 4.78 is 6.16. The van der Waals surface area contributed by atoms with E-state index >= 15 is 0 Å². The number of piperidine rings is 4. The van der Waals surface area contributed by atoms with Gasteiger partial charge < -0.3 is 19.4 Å². The fourth-order valence-electron chi connectivity index (χ4n) is 10.5. The molecule has 3 aromatic carbocycles. The highest BCUT2D eigenvalue weighted by Gasteiger charge is 2.45. The SMILES string of the molecule is CC(C)(c1ccc(OCc2ccnc(N3CCC(N4CCC(CC5CCN(c6ccc7c(c6)C(=O)N(C6CCC(=O)NC6=O)C7=O)CC5)CC4)CC3)n2)cc1)c1cc(Cl)cc(C#N)c1. The van der Waals surface area contributed by atoms with Crippen molar-refractivity contribution in [3.05, 3.63) is 111 Å². The number of carbonyl (C=O) groups is 4. The number of fused-ring (bicyclic) bond motifs is 1. The molecule has 13 nitrogen and oxygen atoms in total. The van der Waals surface area contributed by atoms with E-state index in [2.05, 4.69) is 57.0 Å². The maximum Gasteiger partial charge on any atom is 0.262 e. The number of hydrogen-bond acceptors (Lipinski definition) is 11. The molecule has 6 heterocycles. The number of rotatable bonds is 11. The van der Waals surface area contributed by atoms with E-state index in [1.54, 1.807) is 12.1 Å². The van der Waals surface area contributed by atoms with E-state index < -0.39 is 23.8 Å². The average molecular weight is 883 g/mol. The third kappa shape index (κ3) is 9.08. The average Bonchev–Trinajstić information content (AvgIpc) is 3.56. The highest BCUT2D eigenvalue weighted by Crippen LogP contribution is 2.37. The Kier molecular flexibility index (Phi) is 12.4. The smallest absolute Gasteiger partial charge is 0.262 e. The largest absolute Gasteiger partial charge is 0.487 e. The van der Waals surface area contributed by atoms with E-state index in [0.29, 0.717) is 40.3 Å². The molecule has 1 unspecified atom stereocenters.